The number of esters is 1. The van der Waals surface area contributed by atoms with Gasteiger partial charge >= 0.3 is 5.97 Å². The van der Waals surface area contributed by atoms with E-state index >= 15 is 0 Å². The van der Waals surface area contributed by atoms with E-state index in [1.807, 2.05) is 6.92 Å². The Morgan fingerprint density at radius 1 is 0.947 bits per heavy atom. The summed E-state index contributed by atoms with van der Waals surface area (Å²) in [6, 6.07) is 0. The molecule has 0 radical (unpaired) electrons. The van der Waals surface area contributed by atoms with Gasteiger partial charge in [-0.05, 0) is 63.2 Å². The van der Waals surface area contributed by atoms with Crippen molar-refractivity contribution in [2.45, 2.75) is 45.4 Å². The van der Waals surface area contributed by atoms with Gasteiger partial charge in [-0.2, -0.15) is 0 Å². The van der Waals surface area contributed by atoms with Gasteiger partial charge in [0, 0.05) is 5.41 Å². The molecule has 0 N–H and O–H groups in total. The lowest BCUT2D eigenvalue weighted by Gasteiger charge is -2.57. The number of rotatable bonds is 3. The Hall–Kier alpha value is -0.990. The van der Waals surface area contributed by atoms with Crippen molar-refractivity contribution in [2.75, 3.05) is 14.2 Å². The van der Waals surface area contributed by atoms with Crippen LogP contribution in [0.5, 0.6) is 0 Å². The van der Waals surface area contributed by atoms with Crippen LogP contribution in [0.3, 0.4) is 0 Å². The lowest BCUT2D eigenvalue weighted by Crippen LogP contribution is -2.47. The third-order valence-electron chi connectivity index (χ3n) is 5.56. The number of carbonyl (C=O) groups is 1. The largest absolute Gasteiger partial charge is 0.500 e. The highest BCUT2D eigenvalue weighted by atomic mass is 16.5. The van der Waals surface area contributed by atoms with Crippen molar-refractivity contribution in [3.05, 3.63) is 11.3 Å². The number of ether oxygens (including phenoxy) is 2. The van der Waals surface area contributed by atoms with Crippen molar-refractivity contribution in [3.63, 3.8) is 0 Å². The fraction of sp³-hybridized carbons (Fsp3) is 0.812. The summed E-state index contributed by atoms with van der Waals surface area (Å²) in [5.74, 6) is 3.22. The maximum Gasteiger partial charge on any atom is 0.336 e. The monoisotopic (exact) mass is 264 g/mol. The van der Waals surface area contributed by atoms with E-state index in [4.69, 9.17) is 9.47 Å². The SMILES string of the molecule is COC(=O)/C(C)=C(\OC)C12CC3CC(CC(C3)C1)C2. The van der Waals surface area contributed by atoms with Gasteiger partial charge in [0.2, 0.25) is 0 Å². The van der Waals surface area contributed by atoms with E-state index in [0.717, 1.165) is 23.5 Å². The zero-order chi connectivity index (χ0) is 13.6. The van der Waals surface area contributed by atoms with Crippen LogP contribution in [-0.2, 0) is 14.3 Å². The fourth-order valence-electron chi connectivity index (χ4n) is 5.40. The molecule has 19 heavy (non-hydrogen) atoms. The molecule has 4 aliphatic rings. The van der Waals surface area contributed by atoms with E-state index in [0.29, 0.717) is 5.57 Å². The molecule has 106 valence electrons. The predicted molar refractivity (Wildman–Crippen MR) is 72.3 cm³/mol. The van der Waals surface area contributed by atoms with Crippen molar-refractivity contribution in [2.24, 2.45) is 23.2 Å². The standard InChI is InChI=1S/C16H24O3/c1-10(15(17)19-3)14(18-2)16-7-11-4-12(8-16)6-13(5-11)9-16/h11-13H,4-9H2,1-3H3/b14-10-. The number of allylic oxidation sites excluding steroid dienone is 1. The summed E-state index contributed by atoms with van der Waals surface area (Å²) < 4.78 is 10.6. The molecule has 0 spiro atoms. The Morgan fingerprint density at radius 3 is 1.79 bits per heavy atom. The molecular formula is C16H24O3. The second-order valence-electron chi connectivity index (χ2n) is 6.85. The van der Waals surface area contributed by atoms with Gasteiger partial charge in [0.15, 0.2) is 0 Å². The van der Waals surface area contributed by atoms with Crippen LogP contribution in [0.4, 0.5) is 0 Å². The molecule has 0 saturated heterocycles. The van der Waals surface area contributed by atoms with Crippen LogP contribution in [0.1, 0.15) is 45.4 Å². The van der Waals surface area contributed by atoms with Crippen molar-refractivity contribution in [1.82, 2.24) is 0 Å². The predicted octanol–water partition coefficient (Wildman–Crippen LogP) is 3.30. The van der Waals surface area contributed by atoms with Gasteiger partial charge in [-0.3, -0.25) is 0 Å². The number of methoxy groups -OCH3 is 2. The molecule has 3 heteroatoms. The molecule has 0 amide bonds. The molecule has 0 aromatic heterocycles. The minimum absolute atomic E-state index is 0.127. The quantitative estimate of drug-likeness (QED) is 0.446. The van der Waals surface area contributed by atoms with E-state index in [-0.39, 0.29) is 11.4 Å². The van der Waals surface area contributed by atoms with Crippen LogP contribution >= 0.6 is 0 Å². The van der Waals surface area contributed by atoms with Gasteiger partial charge in [0.1, 0.15) is 5.76 Å². The van der Waals surface area contributed by atoms with Crippen LogP contribution in [0.15, 0.2) is 11.3 Å². The first-order valence-corrected chi connectivity index (χ1v) is 7.41. The van der Waals surface area contributed by atoms with Crippen molar-refractivity contribution in [3.8, 4) is 0 Å². The van der Waals surface area contributed by atoms with Crippen molar-refractivity contribution in [1.29, 1.82) is 0 Å². The Morgan fingerprint density at radius 2 is 1.42 bits per heavy atom. The lowest BCUT2D eigenvalue weighted by atomic mass is 9.49. The summed E-state index contributed by atoms with van der Waals surface area (Å²) in [7, 11) is 3.15. The molecule has 4 fully saturated rings. The first kappa shape index (κ1) is 13.0. The molecule has 4 bridgehead atoms. The molecule has 4 rings (SSSR count). The third kappa shape index (κ3) is 1.98. The Labute approximate surface area is 115 Å². The molecule has 0 aromatic rings. The zero-order valence-corrected chi connectivity index (χ0v) is 12.2. The Balaban J connectivity index is 1.97. The minimum atomic E-state index is -0.243. The molecule has 0 aliphatic heterocycles. The summed E-state index contributed by atoms with van der Waals surface area (Å²) in [6.45, 7) is 1.85. The zero-order valence-electron chi connectivity index (χ0n) is 12.2. The van der Waals surface area contributed by atoms with Gasteiger partial charge in [-0.15, -0.1) is 0 Å². The third-order valence-corrected chi connectivity index (χ3v) is 5.56. The minimum Gasteiger partial charge on any atom is -0.500 e. The normalized spacial score (nSPS) is 40.9. The summed E-state index contributed by atoms with van der Waals surface area (Å²) in [5, 5.41) is 0. The van der Waals surface area contributed by atoms with Crippen LogP contribution in [0.25, 0.3) is 0 Å². The number of hydrogen-bond acceptors (Lipinski definition) is 3. The van der Waals surface area contributed by atoms with E-state index < -0.39 is 0 Å². The fourth-order valence-corrected chi connectivity index (χ4v) is 5.40. The van der Waals surface area contributed by atoms with Crippen LogP contribution in [0.2, 0.25) is 0 Å². The molecule has 4 saturated carbocycles. The Kier molecular flexibility index (Phi) is 3.11. The lowest BCUT2D eigenvalue weighted by molar-refractivity contribution is -0.136. The second-order valence-corrected chi connectivity index (χ2v) is 6.85. The average molecular weight is 264 g/mol. The highest BCUT2D eigenvalue weighted by molar-refractivity contribution is 5.88. The van der Waals surface area contributed by atoms with Crippen molar-refractivity contribution < 1.29 is 14.3 Å². The van der Waals surface area contributed by atoms with Crippen LogP contribution in [0, 0.1) is 23.2 Å². The maximum atomic E-state index is 11.8. The van der Waals surface area contributed by atoms with Gasteiger partial charge in [0.05, 0.1) is 19.8 Å². The summed E-state index contributed by atoms with van der Waals surface area (Å²) >= 11 is 0. The average Bonchev–Trinajstić information content (AvgIpc) is 2.36. The van der Waals surface area contributed by atoms with Crippen molar-refractivity contribution >= 4 is 5.97 Å². The topological polar surface area (TPSA) is 35.5 Å². The summed E-state index contributed by atoms with van der Waals surface area (Å²) in [6.07, 6.45) is 7.80. The maximum absolute atomic E-state index is 11.8. The van der Waals surface area contributed by atoms with Crippen LogP contribution < -0.4 is 0 Å². The highest BCUT2D eigenvalue weighted by Crippen LogP contribution is 2.63. The molecule has 4 aliphatic carbocycles. The first-order valence-electron chi connectivity index (χ1n) is 7.41. The molecule has 0 atom stereocenters. The van der Waals surface area contributed by atoms with E-state index in [9.17, 15) is 4.79 Å². The van der Waals surface area contributed by atoms with Gasteiger partial charge in [-0.25, -0.2) is 4.79 Å². The highest BCUT2D eigenvalue weighted by Gasteiger charge is 2.54. The molecule has 0 unspecified atom stereocenters. The van der Waals surface area contributed by atoms with E-state index in [1.54, 1.807) is 7.11 Å². The van der Waals surface area contributed by atoms with Gasteiger partial charge in [-0.1, -0.05) is 0 Å². The summed E-state index contributed by atoms with van der Waals surface area (Å²) in [4.78, 5) is 11.8. The van der Waals surface area contributed by atoms with Gasteiger partial charge < -0.3 is 9.47 Å². The smallest absolute Gasteiger partial charge is 0.336 e. The molecule has 0 aromatic carbocycles. The summed E-state index contributed by atoms with van der Waals surface area (Å²) in [5.41, 5.74) is 0.800. The number of carbonyl (C=O) groups excluding carboxylic acids is 1. The molecule has 0 heterocycles. The Bertz CT molecular complexity index is 386. The number of hydrogen-bond donors (Lipinski definition) is 0. The van der Waals surface area contributed by atoms with Gasteiger partial charge in [0.25, 0.3) is 0 Å². The molecule has 3 nitrogen and oxygen atoms in total. The van der Waals surface area contributed by atoms with E-state index in [1.165, 1.54) is 45.6 Å². The second kappa shape index (κ2) is 4.53. The van der Waals surface area contributed by atoms with E-state index in [2.05, 4.69) is 0 Å². The molecular weight excluding hydrogens is 240 g/mol. The first-order chi connectivity index (χ1) is 9.08. The van der Waals surface area contributed by atoms with Crippen LogP contribution in [-0.4, -0.2) is 20.2 Å².